The van der Waals surface area contributed by atoms with E-state index in [1.54, 1.807) is 11.0 Å². The van der Waals surface area contributed by atoms with E-state index in [9.17, 15) is 14.9 Å². The van der Waals surface area contributed by atoms with E-state index in [4.69, 9.17) is 5.11 Å². The molecule has 7 heteroatoms. The Morgan fingerprint density at radius 2 is 2.21 bits per heavy atom. The molecule has 0 unspecified atom stereocenters. The summed E-state index contributed by atoms with van der Waals surface area (Å²) < 4.78 is 0.545. The number of nitrogens with zero attached hydrogens (tertiary/aromatic N) is 2. The molecule has 1 aromatic carbocycles. The first-order valence-corrected chi connectivity index (χ1v) is 6.67. The Balaban J connectivity index is 2.24. The Bertz CT molecular complexity index is 516. The fraction of sp³-hybridized carbons (Fsp3) is 0.417. The Hall–Kier alpha value is -1.63. The van der Waals surface area contributed by atoms with Gasteiger partial charge in [-0.1, -0.05) is 0 Å². The van der Waals surface area contributed by atoms with Gasteiger partial charge in [-0.3, -0.25) is 14.9 Å². The van der Waals surface area contributed by atoms with Gasteiger partial charge in [0.05, 0.1) is 10.6 Å². The van der Waals surface area contributed by atoms with Crippen LogP contribution < -0.4 is 4.90 Å². The van der Waals surface area contributed by atoms with E-state index in [1.807, 2.05) is 0 Å². The number of hydrogen-bond donors (Lipinski definition) is 1. The zero-order valence-corrected chi connectivity index (χ0v) is 11.7. The molecule has 1 aromatic rings. The number of carboxylic acid groups (broad SMARTS) is 1. The third-order valence-electron chi connectivity index (χ3n) is 2.98. The molecule has 0 bridgehead atoms. The number of hydrogen-bond acceptors (Lipinski definition) is 4. The molecule has 1 aliphatic rings. The first-order chi connectivity index (χ1) is 8.97. The molecule has 19 heavy (non-hydrogen) atoms. The lowest BCUT2D eigenvalue weighted by atomic mass is 10.2. The second-order valence-corrected chi connectivity index (χ2v) is 5.46. The van der Waals surface area contributed by atoms with E-state index < -0.39 is 10.9 Å². The van der Waals surface area contributed by atoms with Gasteiger partial charge >= 0.3 is 5.97 Å². The number of halogens is 1. The van der Waals surface area contributed by atoms with Crippen molar-refractivity contribution in [3.63, 3.8) is 0 Å². The van der Waals surface area contributed by atoms with Crippen LogP contribution in [-0.2, 0) is 4.79 Å². The number of aliphatic carboxylic acids is 1. The number of rotatable bonds is 6. The summed E-state index contributed by atoms with van der Waals surface area (Å²) in [7, 11) is 0. The molecular weight excluding hydrogens is 316 g/mol. The molecule has 0 aliphatic heterocycles. The maximum atomic E-state index is 10.9. The highest BCUT2D eigenvalue weighted by molar-refractivity contribution is 9.10. The lowest BCUT2D eigenvalue weighted by Gasteiger charge is -2.23. The molecule has 1 fully saturated rings. The number of carboxylic acids is 1. The molecule has 0 amide bonds. The zero-order chi connectivity index (χ0) is 14.0. The van der Waals surface area contributed by atoms with E-state index in [1.165, 1.54) is 12.1 Å². The van der Waals surface area contributed by atoms with E-state index in [0.717, 1.165) is 12.8 Å². The third-order valence-corrected chi connectivity index (χ3v) is 3.62. The van der Waals surface area contributed by atoms with Crippen LogP contribution in [-0.4, -0.2) is 29.1 Å². The van der Waals surface area contributed by atoms with Crippen LogP contribution in [0.2, 0.25) is 0 Å². The summed E-state index contributed by atoms with van der Waals surface area (Å²) >= 11 is 3.28. The van der Waals surface area contributed by atoms with E-state index in [2.05, 4.69) is 15.9 Å². The van der Waals surface area contributed by atoms with Gasteiger partial charge in [0.25, 0.3) is 5.69 Å². The summed E-state index contributed by atoms with van der Waals surface area (Å²) in [5.41, 5.74) is 0.664. The minimum atomic E-state index is -0.911. The second kappa shape index (κ2) is 5.56. The third kappa shape index (κ3) is 3.66. The number of nitro benzene ring substituents is 1. The van der Waals surface area contributed by atoms with Gasteiger partial charge in [0.2, 0.25) is 0 Å². The quantitative estimate of drug-likeness (QED) is 0.641. The Labute approximate surface area is 118 Å². The molecule has 0 aromatic heterocycles. The van der Waals surface area contributed by atoms with Crippen molar-refractivity contribution in [1.29, 1.82) is 0 Å². The highest BCUT2D eigenvalue weighted by atomic mass is 79.9. The highest BCUT2D eigenvalue weighted by Gasteiger charge is 2.26. The summed E-state index contributed by atoms with van der Waals surface area (Å²) in [6.07, 6.45) is 2.22. The van der Waals surface area contributed by atoms with Gasteiger partial charge < -0.3 is 10.0 Å². The first kappa shape index (κ1) is 13.8. The molecule has 0 atom stereocenters. The van der Waals surface area contributed by atoms with Gasteiger partial charge in [-0.2, -0.15) is 0 Å². The molecule has 0 heterocycles. The maximum absolute atomic E-state index is 10.9. The second-order valence-electron chi connectivity index (χ2n) is 4.61. The zero-order valence-electron chi connectivity index (χ0n) is 10.1. The number of benzene rings is 1. The van der Waals surface area contributed by atoms with Crippen molar-refractivity contribution in [2.45, 2.75) is 12.8 Å². The topological polar surface area (TPSA) is 83.7 Å². The lowest BCUT2D eigenvalue weighted by Crippen LogP contribution is -2.31. The highest BCUT2D eigenvalue weighted by Crippen LogP contribution is 2.35. The van der Waals surface area contributed by atoms with Crippen molar-refractivity contribution in [2.24, 2.45) is 5.92 Å². The maximum Gasteiger partial charge on any atom is 0.323 e. The summed E-state index contributed by atoms with van der Waals surface area (Å²) in [5, 5.41) is 19.6. The number of carbonyl (C=O) groups is 1. The Kier molecular flexibility index (Phi) is 4.04. The van der Waals surface area contributed by atoms with Crippen molar-refractivity contribution >= 4 is 33.3 Å². The van der Waals surface area contributed by atoms with E-state index >= 15 is 0 Å². The number of non-ortho nitro benzene ring substituents is 1. The van der Waals surface area contributed by atoms with Crippen LogP contribution in [0.3, 0.4) is 0 Å². The van der Waals surface area contributed by atoms with Crippen LogP contribution in [0.15, 0.2) is 22.7 Å². The molecule has 0 radical (unpaired) electrons. The lowest BCUT2D eigenvalue weighted by molar-refractivity contribution is -0.384. The van der Waals surface area contributed by atoms with Crippen molar-refractivity contribution in [3.05, 3.63) is 32.8 Å². The molecule has 6 nitrogen and oxygen atoms in total. The van der Waals surface area contributed by atoms with Crippen molar-refractivity contribution in [1.82, 2.24) is 0 Å². The molecule has 1 aliphatic carbocycles. The molecule has 2 rings (SSSR count). The molecule has 1 saturated carbocycles. The fourth-order valence-corrected chi connectivity index (χ4v) is 2.51. The minimum Gasteiger partial charge on any atom is -0.480 e. The molecular formula is C12H13BrN2O4. The summed E-state index contributed by atoms with van der Waals surface area (Å²) in [4.78, 5) is 22.9. The summed E-state index contributed by atoms with van der Waals surface area (Å²) in [6, 6.07) is 4.38. The van der Waals surface area contributed by atoms with Gasteiger partial charge in [-0.05, 0) is 40.8 Å². The van der Waals surface area contributed by atoms with Crippen LogP contribution in [0.4, 0.5) is 11.4 Å². The Morgan fingerprint density at radius 3 is 2.68 bits per heavy atom. The van der Waals surface area contributed by atoms with Gasteiger partial charge in [0.15, 0.2) is 0 Å². The summed E-state index contributed by atoms with van der Waals surface area (Å²) in [6.45, 7) is 0.565. The van der Waals surface area contributed by atoms with Crippen molar-refractivity contribution < 1.29 is 14.8 Å². The van der Waals surface area contributed by atoms with Crippen LogP contribution in [0, 0.1) is 16.0 Å². The normalized spacial score (nSPS) is 14.2. The van der Waals surface area contributed by atoms with Gasteiger partial charge in [-0.25, -0.2) is 0 Å². The molecule has 102 valence electrons. The van der Waals surface area contributed by atoms with E-state index in [0.29, 0.717) is 22.6 Å². The van der Waals surface area contributed by atoms with Crippen LogP contribution in [0.5, 0.6) is 0 Å². The number of nitro groups is 1. The largest absolute Gasteiger partial charge is 0.480 e. The number of anilines is 1. The smallest absolute Gasteiger partial charge is 0.323 e. The average Bonchev–Trinajstić information content (AvgIpc) is 3.11. The average molecular weight is 329 g/mol. The monoisotopic (exact) mass is 328 g/mol. The predicted molar refractivity (Wildman–Crippen MR) is 73.4 cm³/mol. The van der Waals surface area contributed by atoms with Crippen molar-refractivity contribution in [2.75, 3.05) is 18.0 Å². The van der Waals surface area contributed by atoms with Crippen LogP contribution in [0.1, 0.15) is 12.8 Å². The van der Waals surface area contributed by atoms with E-state index in [-0.39, 0.29) is 12.2 Å². The van der Waals surface area contributed by atoms with Crippen LogP contribution >= 0.6 is 15.9 Å². The van der Waals surface area contributed by atoms with Gasteiger partial charge in [0, 0.05) is 23.2 Å². The molecule has 1 N–H and O–H groups in total. The first-order valence-electron chi connectivity index (χ1n) is 5.88. The van der Waals surface area contributed by atoms with Gasteiger partial charge in [0.1, 0.15) is 6.54 Å². The van der Waals surface area contributed by atoms with Crippen LogP contribution in [0.25, 0.3) is 0 Å². The molecule has 0 spiro atoms. The fourth-order valence-electron chi connectivity index (χ4n) is 1.89. The van der Waals surface area contributed by atoms with Gasteiger partial charge in [-0.15, -0.1) is 0 Å². The summed E-state index contributed by atoms with van der Waals surface area (Å²) in [5.74, 6) is -0.382. The minimum absolute atomic E-state index is 0.0164. The Morgan fingerprint density at radius 1 is 1.53 bits per heavy atom. The molecule has 0 saturated heterocycles. The standard InChI is InChI=1S/C12H13BrN2O4/c13-10-5-9(15(18)19)3-4-11(10)14(7-12(16)17)6-8-1-2-8/h3-5,8H,1-2,6-7H2,(H,16,17). The van der Waals surface area contributed by atoms with Crippen molar-refractivity contribution in [3.8, 4) is 0 Å². The SMILES string of the molecule is O=C(O)CN(CC1CC1)c1ccc([N+](=O)[O-])cc1Br. The predicted octanol–water partition coefficient (Wildman–Crippen LogP) is 2.66.